The number of hydrogen-bond acceptors (Lipinski definition) is 3. The maximum atomic E-state index is 12.6. The monoisotopic (exact) mass is 371 g/mol. The summed E-state index contributed by atoms with van der Waals surface area (Å²) in [5.41, 5.74) is 2.29. The van der Waals surface area contributed by atoms with E-state index in [0.717, 1.165) is 31.7 Å². The Morgan fingerprint density at radius 2 is 2.07 bits per heavy atom. The van der Waals surface area contributed by atoms with E-state index in [0.29, 0.717) is 12.0 Å². The van der Waals surface area contributed by atoms with Gasteiger partial charge < -0.3 is 15.5 Å². The van der Waals surface area contributed by atoms with Gasteiger partial charge in [0.1, 0.15) is 0 Å². The summed E-state index contributed by atoms with van der Waals surface area (Å²) in [7, 11) is 1.75. The molecule has 1 fully saturated rings. The highest BCUT2D eigenvalue weighted by Gasteiger charge is 2.24. The molecule has 1 aromatic rings. The first-order valence-electron chi connectivity index (χ1n) is 10.3. The molecule has 0 aromatic heterocycles. The van der Waals surface area contributed by atoms with Crippen LogP contribution in [0.1, 0.15) is 38.2 Å². The van der Waals surface area contributed by atoms with Crippen molar-refractivity contribution < 1.29 is 4.79 Å². The topological polar surface area (TPSA) is 60.0 Å². The second kappa shape index (κ2) is 9.74. The zero-order chi connectivity index (χ0) is 19.1. The van der Waals surface area contributed by atoms with E-state index in [1.807, 2.05) is 23.1 Å². The molecule has 2 heterocycles. The molecule has 0 radical (unpaired) electrons. The zero-order valence-electron chi connectivity index (χ0n) is 16.7. The molecule has 0 aliphatic carbocycles. The molecular formula is C21H33N5O. The van der Waals surface area contributed by atoms with Crippen molar-refractivity contribution in [1.29, 1.82) is 0 Å². The summed E-state index contributed by atoms with van der Waals surface area (Å²) in [6.45, 7) is 6.36. The molecule has 148 valence electrons. The third-order valence-corrected chi connectivity index (χ3v) is 5.73. The van der Waals surface area contributed by atoms with Crippen LogP contribution in [0.4, 0.5) is 5.69 Å². The number of likely N-dealkylation sites (tertiary alicyclic amines) is 1. The van der Waals surface area contributed by atoms with E-state index in [1.165, 1.54) is 37.8 Å². The van der Waals surface area contributed by atoms with Crippen LogP contribution in [0.5, 0.6) is 0 Å². The van der Waals surface area contributed by atoms with E-state index >= 15 is 0 Å². The summed E-state index contributed by atoms with van der Waals surface area (Å²) in [5.74, 6) is 0.783. The average Bonchev–Trinajstić information content (AvgIpc) is 3.15. The Kier molecular flexibility index (Phi) is 7.10. The minimum absolute atomic E-state index is 0.0879. The summed E-state index contributed by atoms with van der Waals surface area (Å²) in [5, 5.41) is 6.52. The number of para-hydroxylation sites is 1. The van der Waals surface area contributed by atoms with Crippen LogP contribution in [-0.4, -0.2) is 62.6 Å². The van der Waals surface area contributed by atoms with Crippen molar-refractivity contribution in [1.82, 2.24) is 15.5 Å². The SMILES string of the molecule is CCC1CCCCN1CCNC(=NC)NCC(=O)N1CCc2ccccc21. The number of anilines is 1. The standard InChI is InChI=1S/C21H33N5O/c1-3-18-9-6-7-13-25(18)15-12-23-21(22-2)24-16-20(27)26-14-11-17-8-4-5-10-19(17)26/h4-5,8,10,18H,3,6-7,9,11-16H2,1-2H3,(H2,22,23,24). The highest BCUT2D eigenvalue weighted by atomic mass is 16.2. The largest absolute Gasteiger partial charge is 0.355 e. The lowest BCUT2D eigenvalue weighted by molar-refractivity contribution is -0.117. The second-order valence-corrected chi connectivity index (χ2v) is 7.37. The van der Waals surface area contributed by atoms with Gasteiger partial charge in [-0.2, -0.15) is 0 Å². The first kappa shape index (κ1) is 19.7. The van der Waals surface area contributed by atoms with Crippen LogP contribution in [0, 0.1) is 0 Å². The number of rotatable bonds is 6. The molecule has 0 spiro atoms. The van der Waals surface area contributed by atoms with Gasteiger partial charge in [0.2, 0.25) is 5.91 Å². The first-order chi connectivity index (χ1) is 13.2. The highest BCUT2D eigenvalue weighted by Crippen LogP contribution is 2.27. The van der Waals surface area contributed by atoms with Crippen molar-refractivity contribution in [3.63, 3.8) is 0 Å². The minimum atomic E-state index is 0.0879. The molecule has 27 heavy (non-hydrogen) atoms. The summed E-state index contributed by atoms with van der Waals surface area (Å²) < 4.78 is 0. The molecule has 2 N–H and O–H groups in total. The summed E-state index contributed by atoms with van der Waals surface area (Å²) in [4.78, 5) is 21.3. The van der Waals surface area contributed by atoms with Gasteiger partial charge in [-0.1, -0.05) is 31.5 Å². The number of carbonyl (C=O) groups excluding carboxylic acids is 1. The van der Waals surface area contributed by atoms with Gasteiger partial charge in [0.25, 0.3) is 0 Å². The lowest BCUT2D eigenvalue weighted by atomic mass is 10.0. The Balaban J connectivity index is 1.42. The maximum Gasteiger partial charge on any atom is 0.246 e. The molecule has 1 unspecified atom stereocenters. The van der Waals surface area contributed by atoms with Crippen LogP contribution in [0.3, 0.4) is 0 Å². The highest BCUT2D eigenvalue weighted by molar-refractivity contribution is 5.98. The van der Waals surface area contributed by atoms with Gasteiger partial charge >= 0.3 is 0 Å². The van der Waals surface area contributed by atoms with E-state index in [9.17, 15) is 4.79 Å². The van der Waals surface area contributed by atoms with Gasteiger partial charge in [0.15, 0.2) is 5.96 Å². The summed E-state index contributed by atoms with van der Waals surface area (Å²) in [6.07, 6.45) is 6.13. The molecule has 2 aliphatic heterocycles. The summed E-state index contributed by atoms with van der Waals surface area (Å²) in [6, 6.07) is 8.86. The molecule has 3 rings (SSSR count). The quantitative estimate of drug-likeness (QED) is 0.593. The van der Waals surface area contributed by atoms with Crippen LogP contribution in [0.2, 0.25) is 0 Å². The molecule has 1 amide bonds. The molecule has 6 heteroatoms. The van der Waals surface area contributed by atoms with Crippen LogP contribution in [-0.2, 0) is 11.2 Å². The van der Waals surface area contributed by atoms with Crippen molar-refractivity contribution in [2.45, 2.75) is 45.1 Å². The number of guanidine groups is 1. The van der Waals surface area contributed by atoms with Gasteiger partial charge in [0.05, 0.1) is 6.54 Å². The number of fused-ring (bicyclic) bond motifs is 1. The van der Waals surface area contributed by atoms with Crippen LogP contribution in [0.15, 0.2) is 29.3 Å². The first-order valence-corrected chi connectivity index (χ1v) is 10.3. The average molecular weight is 372 g/mol. The predicted molar refractivity (Wildman–Crippen MR) is 111 cm³/mol. The Bertz CT molecular complexity index is 660. The van der Waals surface area contributed by atoms with E-state index in [2.05, 4.69) is 33.5 Å². The number of nitrogens with zero attached hydrogens (tertiary/aromatic N) is 3. The van der Waals surface area contributed by atoms with E-state index in [1.54, 1.807) is 7.05 Å². The van der Waals surface area contributed by atoms with E-state index in [-0.39, 0.29) is 12.5 Å². The summed E-state index contributed by atoms with van der Waals surface area (Å²) >= 11 is 0. The van der Waals surface area contributed by atoms with Crippen molar-refractivity contribution in [2.75, 3.05) is 44.7 Å². The molecule has 1 saturated heterocycles. The van der Waals surface area contributed by atoms with Gasteiger partial charge in [-0.15, -0.1) is 0 Å². The zero-order valence-corrected chi connectivity index (χ0v) is 16.7. The van der Waals surface area contributed by atoms with Crippen LogP contribution in [0.25, 0.3) is 0 Å². The fourth-order valence-corrected chi connectivity index (χ4v) is 4.21. The molecule has 6 nitrogen and oxygen atoms in total. The molecule has 0 saturated carbocycles. The predicted octanol–water partition coefficient (Wildman–Crippen LogP) is 2.01. The second-order valence-electron chi connectivity index (χ2n) is 7.37. The number of hydrogen-bond donors (Lipinski definition) is 2. The normalized spacial score (nSPS) is 20.4. The van der Waals surface area contributed by atoms with Crippen molar-refractivity contribution in [3.8, 4) is 0 Å². The van der Waals surface area contributed by atoms with Gasteiger partial charge in [-0.3, -0.25) is 14.7 Å². The van der Waals surface area contributed by atoms with Gasteiger partial charge in [-0.05, 0) is 43.9 Å². The van der Waals surface area contributed by atoms with E-state index < -0.39 is 0 Å². The Morgan fingerprint density at radius 1 is 1.22 bits per heavy atom. The number of benzene rings is 1. The maximum absolute atomic E-state index is 12.6. The minimum Gasteiger partial charge on any atom is -0.355 e. The molecule has 0 bridgehead atoms. The Hall–Kier alpha value is -2.08. The van der Waals surface area contributed by atoms with Crippen LogP contribution >= 0.6 is 0 Å². The molecule has 1 atom stereocenters. The molecule has 2 aliphatic rings. The number of carbonyl (C=O) groups is 1. The van der Waals surface area contributed by atoms with Crippen LogP contribution < -0.4 is 15.5 Å². The Labute approximate surface area is 163 Å². The van der Waals surface area contributed by atoms with Gasteiger partial charge in [0, 0.05) is 38.4 Å². The number of amides is 1. The third-order valence-electron chi connectivity index (χ3n) is 5.73. The molecule has 1 aromatic carbocycles. The lowest BCUT2D eigenvalue weighted by Gasteiger charge is -2.35. The Morgan fingerprint density at radius 3 is 2.89 bits per heavy atom. The fourth-order valence-electron chi connectivity index (χ4n) is 4.21. The third kappa shape index (κ3) is 5.01. The number of nitrogens with one attached hydrogen (secondary N) is 2. The van der Waals surface area contributed by atoms with Crippen molar-refractivity contribution >= 4 is 17.6 Å². The van der Waals surface area contributed by atoms with Crippen molar-refractivity contribution in [3.05, 3.63) is 29.8 Å². The van der Waals surface area contributed by atoms with Crippen molar-refractivity contribution in [2.24, 2.45) is 4.99 Å². The smallest absolute Gasteiger partial charge is 0.246 e. The number of piperidine rings is 1. The molecular weight excluding hydrogens is 338 g/mol. The van der Waals surface area contributed by atoms with Gasteiger partial charge in [-0.25, -0.2) is 0 Å². The van der Waals surface area contributed by atoms with E-state index in [4.69, 9.17) is 0 Å². The number of aliphatic imine (C=N–C) groups is 1. The lowest BCUT2D eigenvalue weighted by Crippen LogP contribution is -2.48. The fraction of sp³-hybridized carbons (Fsp3) is 0.619.